The van der Waals surface area contributed by atoms with Gasteiger partial charge in [0.2, 0.25) is 0 Å². The van der Waals surface area contributed by atoms with E-state index in [2.05, 4.69) is 5.32 Å². The number of hydrogen-bond donors (Lipinski definition) is 2. The Morgan fingerprint density at radius 3 is 2.24 bits per heavy atom. The zero-order chi connectivity index (χ0) is 18.4. The number of benzene rings is 2. The molecule has 0 aliphatic carbocycles. The molecule has 1 atom stereocenters. The predicted octanol–water partition coefficient (Wildman–Crippen LogP) is 1.97. The van der Waals surface area contributed by atoms with Crippen LogP contribution in [0.3, 0.4) is 0 Å². The van der Waals surface area contributed by atoms with Gasteiger partial charge in [-0.2, -0.15) is 0 Å². The average Bonchev–Trinajstić information content (AvgIpc) is 2.58. The second-order valence-electron chi connectivity index (χ2n) is 6.36. The number of hydrogen-bond acceptors (Lipinski definition) is 3. The largest absolute Gasteiger partial charge is 0.493 e. The Kier molecular flexibility index (Phi) is 6.42. The molecule has 0 saturated heterocycles. The molecule has 25 heavy (non-hydrogen) atoms. The van der Waals surface area contributed by atoms with Gasteiger partial charge in [-0.05, 0) is 43.7 Å². The van der Waals surface area contributed by atoms with Crippen LogP contribution in [0, 0.1) is 13.8 Å². The molecule has 0 bridgehead atoms. The van der Waals surface area contributed by atoms with E-state index in [9.17, 15) is 4.79 Å². The summed E-state index contributed by atoms with van der Waals surface area (Å²) in [6.07, 6.45) is 0. The number of quaternary nitrogens is 1. The number of rotatable bonds is 7. The summed E-state index contributed by atoms with van der Waals surface area (Å²) in [5, 5.41) is 2.94. The van der Waals surface area contributed by atoms with Gasteiger partial charge in [0.15, 0.2) is 18.0 Å². The fourth-order valence-electron chi connectivity index (χ4n) is 2.72. The van der Waals surface area contributed by atoms with Crippen LogP contribution < -0.4 is 19.7 Å². The van der Waals surface area contributed by atoms with Gasteiger partial charge in [0.1, 0.15) is 6.54 Å². The van der Waals surface area contributed by atoms with Gasteiger partial charge in [-0.15, -0.1) is 0 Å². The lowest BCUT2D eigenvalue weighted by Gasteiger charge is -2.17. The third kappa shape index (κ3) is 5.22. The van der Waals surface area contributed by atoms with Gasteiger partial charge in [0, 0.05) is 11.3 Å². The minimum Gasteiger partial charge on any atom is -0.493 e. The van der Waals surface area contributed by atoms with E-state index in [1.54, 1.807) is 14.2 Å². The molecular formula is C20H27N2O3+. The molecule has 0 spiro atoms. The predicted molar refractivity (Wildman–Crippen MR) is 99.5 cm³/mol. The summed E-state index contributed by atoms with van der Waals surface area (Å²) in [6, 6.07) is 11.8. The maximum absolute atomic E-state index is 12.2. The van der Waals surface area contributed by atoms with Crippen molar-refractivity contribution >= 4 is 11.6 Å². The Morgan fingerprint density at radius 1 is 1.04 bits per heavy atom. The van der Waals surface area contributed by atoms with Crippen LogP contribution in [0.15, 0.2) is 36.4 Å². The van der Waals surface area contributed by atoms with Crippen molar-refractivity contribution in [1.82, 2.24) is 0 Å². The van der Waals surface area contributed by atoms with E-state index in [-0.39, 0.29) is 5.91 Å². The molecule has 134 valence electrons. The molecule has 2 aromatic rings. The summed E-state index contributed by atoms with van der Waals surface area (Å²) in [5.41, 5.74) is 4.25. The first-order chi connectivity index (χ1) is 11.9. The molecule has 1 unspecified atom stereocenters. The molecule has 0 aliphatic heterocycles. The number of ether oxygens (including phenoxy) is 2. The van der Waals surface area contributed by atoms with Crippen molar-refractivity contribution in [2.45, 2.75) is 20.4 Å². The highest BCUT2D eigenvalue weighted by molar-refractivity contribution is 5.91. The molecule has 0 fully saturated rings. The summed E-state index contributed by atoms with van der Waals surface area (Å²) in [4.78, 5) is 13.3. The second kappa shape index (κ2) is 8.53. The smallest absolute Gasteiger partial charge is 0.279 e. The molecule has 0 heterocycles. The highest BCUT2D eigenvalue weighted by Gasteiger charge is 2.15. The summed E-state index contributed by atoms with van der Waals surface area (Å²) in [5.74, 6) is 1.43. The number of carbonyl (C=O) groups excluding carboxylic acids is 1. The first kappa shape index (κ1) is 18.8. The Bertz CT molecular complexity index is 726. The number of amides is 1. The van der Waals surface area contributed by atoms with Crippen LogP contribution >= 0.6 is 0 Å². The number of carbonyl (C=O) groups is 1. The van der Waals surface area contributed by atoms with Crippen LogP contribution in [0.25, 0.3) is 0 Å². The topological polar surface area (TPSA) is 52.0 Å². The van der Waals surface area contributed by atoms with E-state index in [4.69, 9.17) is 9.47 Å². The molecule has 2 aromatic carbocycles. The Hall–Kier alpha value is -2.53. The quantitative estimate of drug-likeness (QED) is 0.808. The monoisotopic (exact) mass is 343 g/mol. The first-order valence-electron chi connectivity index (χ1n) is 8.32. The molecular weight excluding hydrogens is 316 g/mol. The van der Waals surface area contributed by atoms with Gasteiger partial charge in [0.25, 0.3) is 5.91 Å². The molecule has 2 N–H and O–H groups in total. The van der Waals surface area contributed by atoms with Crippen molar-refractivity contribution in [3.63, 3.8) is 0 Å². The Morgan fingerprint density at radius 2 is 1.64 bits per heavy atom. The highest BCUT2D eigenvalue weighted by atomic mass is 16.5. The maximum Gasteiger partial charge on any atom is 0.279 e. The minimum atomic E-state index is -0.000479. The van der Waals surface area contributed by atoms with Gasteiger partial charge in [0.05, 0.1) is 21.3 Å². The molecule has 0 aromatic heterocycles. The van der Waals surface area contributed by atoms with Crippen LogP contribution in [0.1, 0.15) is 16.7 Å². The van der Waals surface area contributed by atoms with Gasteiger partial charge in [-0.25, -0.2) is 0 Å². The molecule has 5 nitrogen and oxygen atoms in total. The number of aryl methyl sites for hydroxylation is 2. The zero-order valence-corrected chi connectivity index (χ0v) is 15.6. The normalized spacial score (nSPS) is 11.7. The van der Waals surface area contributed by atoms with E-state index in [0.717, 1.165) is 34.0 Å². The van der Waals surface area contributed by atoms with Crippen molar-refractivity contribution in [3.8, 4) is 11.5 Å². The second-order valence-corrected chi connectivity index (χ2v) is 6.36. The van der Waals surface area contributed by atoms with Gasteiger partial charge < -0.3 is 19.7 Å². The van der Waals surface area contributed by atoms with E-state index >= 15 is 0 Å². The van der Waals surface area contributed by atoms with Crippen LogP contribution in [0.5, 0.6) is 11.5 Å². The lowest BCUT2D eigenvalue weighted by molar-refractivity contribution is -0.885. The Balaban J connectivity index is 1.98. The van der Waals surface area contributed by atoms with Crippen LogP contribution in [-0.4, -0.2) is 33.7 Å². The first-order valence-corrected chi connectivity index (χ1v) is 8.32. The lowest BCUT2D eigenvalue weighted by Crippen LogP contribution is -3.08. The number of methoxy groups -OCH3 is 2. The third-order valence-electron chi connectivity index (χ3n) is 4.13. The fourth-order valence-corrected chi connectivity index (χ4v) is 2.72. The van der Waals surface area contributed by atoms with E-state index in [1.165, 1.54) is 5.56 Å². The van der Waals surface area contributed by atoms with Gasteiger partial charge >= 0.3 is 0 Å². The van der Waals surface area contributed by atoms with E-state index in [1.807, 2.05) is 57.3 Å². The molecule has 0 aliphatic rings. The minimum absolute atomic E-state index is 0.000479. The number of likely N-dealkylation sites (N-methyl/N-ethyl adjacent to an activating group) is 1. The van der Waals surface area contributed by atoms with Crippen LogP contribution in [-0.2, 0) is 11.3 Å². The van der Waals surface area contributed by atoms with Crippen molar-refractivity contribution in [1.29, 1.82) is 0 Å². The molecule has 0 radical (unpaired) electrons. The standard InChI is InChI=1S/C20H26N2O3/c1-14-6-8-17(9-7-14)21-20(23)13-22(3)12-16-11-19(25-5)18(24-4)10-15(16)2/h6-11H,12-13H2,1-5H3,(H,21,23)/p+1. The third-order valence-corrected chi connectivity index (χ3v) is 4.13. The summed E-state index contributed by atoms with van der Waals surface area (Å²) in [6.45, 7) is 5.18. The summed E-state index contributed by atoms with van der Waals surface area (Å²) >= 11 is 0. The van der Waals surface area contributed by atoms with Gasteiger partial charge in [-0.3, -0.25) is 4.79 Å². The molecule has 0 saturated carbocycles. The van der Waals surface area contributed by atoms with Crippen molar-refractivity contribution in [3.05, 3.63) is 53.1 Å². The van der Waals surface area contributed by atoms with Crippen LogP contribution in [0.4, 0.5) is 5.69 Å². The maximum atomic E-state index is 12.2. The average molecular weight is 343 g/mol. The van der Waals surface area contributed by atoms with Crippen molar-refractivity contribution in [2.24, 2.45) is 0 Å². The number of anilines is 1. The van der Waals surface area contributed by atoms with Crippen molar-refractivity contribution in [2.75, 3.05) is 33.1 Å². The lowest BCUT2D eigenvalue weighted by atomic mass is 10.1. The van der Waals surface area contributed by atoms with Gasteiger partial charge in [-0.1, -0.05) is 17.7 Å². The van der Waals surface area contributed by atoms with Crippen LogP contribution in [0.2, 0.25) is 0 Å². The van der Waals surface area contributed by atoms with E-state index in [0.29, 0.717) is 12.3 Å². The SMILES string of the molecule is COc1cc(C)c(C[NH+](C)CC(=O)Nc2ccc(C)cc2)cc1OC. The summed E-state index contributed by atoms with van der Waals surface area (Å²) < 4.78 is 10.7. The molecule has 1 amide bonds. The molecule has 2 rings (SSSR count). The Labute approximate surface area is 149 Å². The zero-order valence-electron chi connectivity index (χ0n) is 15.6. The summed E-state index contributed by atoms with van der Waals surface area (Å²) in [7, 11) is 5.26. The fraction of sp³-hybridized carbons (Fsp3) is 0.350. The highest BCUT2D eigenvalue weighted by Crippen LogP contribution is 2.29. The number of nitrogens with one attached hydrogen (secondary N) is 2. The molecule has 5 heteroatoms. The van der Waals surface area contributed by atoms with E-state index < -0.39 is 0 Å². The van der Waals surface area contributed by atoms with Crippen molar-refractivity contribution < 1.29 is 19.2 Å².